The van der Waals surface area contributed by atoms with Crippen LogP contribution in [-0.4, -0.2) is 41.1 Å². The Kier molecular flexibility index (Phi) is 4.63. The number of nitrogens with one attached hydrogen (secondary N) is 1. The molecule has 0 bridgehead atoms. The number of aliphatic imine (C=N–C) groups is 1. The Morgan fingerprint density at radius 2 is 2.17 bits per heavy atom. The normalized spacial score (nSPS) is 17.3. The largest absolute Gasteiger partial charge is 0.349 e. The summed E-state index contributed by atoms with van der Waals surface area (Å²) in [6, 6.07) is 4.22. The van der Waals surface area contributed by atoms with Crippen LogP contribution in [0.2, 0.25) is 0 Å². The minimum absolute atomic E-state index is 0.0556. The van der Waals surface area contributed by atoms with Gasteiger partial charge < -0.3 is 10.2 Å². The van der Waals surface area contributed by atoms with Crippen molar-refractivity contribution in [3.05, 3.63) is 44.5 Å². The monoisotopic (exact) mass is 469 g/mol. The Balaban J connectivity index is 1.52. The number of aromatic nitrogens is 2. The Morgan fingerprint density at radius 3 is 3.00 bits per heavy atom. The summed E-state index contributed by atoms with van der Waals surface area (Å²) in [4.78, 5) is 29.8. The first kappa shape index (κ1) is 18.7. The van der Waals surface area contributed by atoms with E-state index >= 15 is 0 Å². The van der Waals surface area contributed by atoms with E-state index in [0.29, 0.717) is 0 Å². The van der Waals surface area contributed by atoms with Gasteiger partial charge in [0.2, 0.25) is 5.91 Å². The first-order valence-electron chi connectivity index (χ1n) is 9.57. The van der Waals surface area contributed by atoms with Crippen LogP contribution >= 0.6 is 27.3 Å². The number of hydrogen-bond donors (Lipinski definition) is 1. The molecule has 0 unspecified atom stereocenters. The summed E-state index contributed by atoms with van der Waals surface area (Å²) < 4.78 is 0.995. The third kappa shape index (κ3) is 3.24. The van der Waals surface area contributed by atoms with E-state index in [1.807, 2.05) is 20.3 Å². The van der Waals surface area contributed by atoms with E-state index in [-0.39, 0.29) is 11.8 Å². The van der Waals surface area contributed by atoms with E-state index in [1.54, 1.807) is 22.6 Å². The van der Waals surface area contributed by atoms with Crippen LogP contribution in [-0.2, 0) is 24.2 Å². The van der Waals surface area contributed by atoms with Gasteiger partial charge in [0, 0.05) is 35.6 Å². The fraction of sp³-hybridized carbons (Fsp3) is 0.333. The molecule has 6 nitrogen and oxygen atoms in total. The maximum atomic E-state index is 12.4. The van der Waals surface area contributed by atoms with Crippen LogP contribution in [0, 0.1) is 5.92 Å². The lowest BCUT2D eigenvalue weighted by molar-refractivity contribution is -0.133. The Morgan fingerprint density at radius 1 is 1.31 bits per heavy atom. The van der Waals surface area contributed by atoms with Crippen molar-refractivity contribution in [1.29, 1.82) is 0 Å². The highest BCUT2D eigenvalue weighted by molar-refractivity contribution is 9.10. The molecule has 0 spiro atoms. The Hall–Kier alpha value is -2.32. The van der Waals surface area contributed by atoms with Gasteiger partial charge in [-0.05, 0) is 64.0 Å². The standard InChI is InChI=1S/C21H20BrN5OS/c1-27(2)21(28)11-3-4-14-17(7-11)29-20-18(14)19(24-10-25-20)26-16-6-13-9-23-8-12(13)5-15(16)22/h5-6,9-11H,3-4,7-8H2,1-2H3,(H,24,25,26)/t11-/m0/s1. The molecule has 5 rings (SSSR count). The number of benzene rings is 1. The maximum Gasteiger partial charge on any atom is 0.225 e. The van der Waals surface area contributed by atoms with Crippen molar-refractivity contribution in [1.82, 2.24) is 14.9 Å². The van der Waals surface area contributed by atoms with Gasteiger partial charge >= 0.3 is 0 Å². The van der Waals surface area contributed by atoms with E-state index in [2.05, 4.69) is 48.3 Å². The number of hydrogen-bond acceptors (Lipinski definition) is 6. The molecule has 2 aliphatic rings. The zero-order valence-corrected chi connectivity index (χ0v) is 18.6. The average Bonchev–Trinajstić information content (AvgIpc) is 3.30. The highest BCUT2D eigenvalue weighted by Crippen LogP contribution is 2.41. The highest BCUT2D eigenvalue weighted by Gasteiger charge is 2.30. The van der Waals surface area contributed by atoms with Gasteiger partial charge in [-0.25, -0.2) is 9.97 Å². The zero-order valence-electron chi connectivity index (χ0n) is 16.2. The first-order valence-corrected chi connectivity index (χ1v) is 11.2. The lowest BCUT2D eigenvalue weighted by Gasteiger charge is -2.24. The minimum Gasteiger partial charge on any atom is -0.349 e. The molecule has 8 heteroatoms. The summed E-state index contributed by atoms with van der Waals surface area (Å²) in [5, 5.41) is 4.59. The van der Waals surface area contributed by atoms with Gasteiger partial charge in [0.05, 0.1) is 17.6 Å². The van der Waals surface area contributed by atoms with Crippen LogP contribution < -0.4 is 5.32 Å². The van der Waals surface area contributed by atoms with Crippen LogP contribution in [0.25, 0.3) is 10.2 Å². The number of rotatable bonds is 3. The van der Waals surface area contributed by atoms with Crippen molar-refractivity contribution >= 4 is 61.1 Å². The molecule has 0 radical (unpaired) electrons. The summed E-state index contributed by atoms with van der Waals surface area (Å²) in [6.45, 7) is 0.733. The van der Waals surface area contributed by atoms with Gasteiger partial charge in [-0.3, -0.25) is 9.79 Å². The molecular weight excluding hydrogens is 450 g/mol. The van der Waals surface area contributed by atoms with Crippen LogP contribution in [0.15, 0.2) is 27.9 Å². The molecule has 1 aromatic carbocycles. The van der Waals surface area contributed by atoms with Crippen LogP contribution in [0.4, 0.5) is 11.5 Å². The summed E-state index contributed by atoms with van der Waals surface area (Å²) in [6.07, 6.45) is 6.04. The Labute approximate surface area is 181 Å². The van der Waals surface area contributed by atoms with Gasteiger partial charge in [0.15, 0.2) is 0 Å². The number of carbonyl (C=O) groups excluding carboxylic acids is 1. The Bertz CT molecular complexity index is 1170. The summed E-state index contributed by atoms with van der Waals surface area (Å²) in [5.74, 6) is 1.09. The molecule has 1 aliphatic carbocycles. The number of thiophene rings is 1. The predicted molar refractivity (Wildman–Crippen MR) is 120 cm³/mol. The molecule has 29 heavy (non-hydrogen) atoms. The molecule has 1 atom stereocenters. The van der Waals surface area contributed by atoms with Crippen molar-refractivity contribution < 1.29 is 4.79 Å². The summed E-state index contributed by atoms with van der Waals surface area (Å²) in [7, 11) is 3.66. The SMILES string of the molecule is CN(C)C(=O)[C@H]1CCc2c(sc3ncnc(Nc4cc5c(cc4Br)CN=C5)c23)C1. The number of halogens is 1. The summed E-state index contributed by atoms with van der Waals surface area (Å²) in [5.41, 5.74) is 4.61. The number of amides is 1. The van der Waals surface area contributed by atoms with Crippen molar-refractivity contribution in [2.45, 2.75) is 25.8 Å². The van der Waals surface area contributed by atoms with Gasteiger partial charge in [0.1, 0.15) is 17.0 Å². The van der Waals surface area contributed by atoms with E-state index in [1.165, 1.54) is 16.0 Å². The quantitative estimate of drug-likeness (QED) is 0.619. The second kappa shape index (κ2) is 7.18. The highest BCUT2D eigenvalue weighted by atomic mass is 79.9. The molecule has 3 aromatic rings. The second-order valence-electron chi connectivity index (χ2n) is 7.70. The topological polar surface area (TPSA) is 70.5 Å². The fourth-order valence-corrected chi connectivity index (χ4v) is 5.89. The lowest BCUT2D eigenvalue weighted by atomic mass is 9.87. The molecule has 1 N–H and O–H groups in total. The van der Waals surface area contributed by atoms with E-state index < -0.39 is 0 Å². The van der Waals surface area contributed by atoms with Crippen molar-refractivity contribution in [3.63, 3.8) is 0 Å². The molecule has 3 heterocycles. The molecule has 0 saturated carbocycles. The van der Waals surface area contributed by atoms with E-state index in [9.17, 15) is 4.79 Å². The first-order chi connectivity index (χ1) is 14.0. The van der Waals surface area contributed by atoms with Crippen LogP contribution in [0.1, 0.15) is 28.0 Å². The van der Waals surface area contributed by atoms with E-state index in [0.717, 1.165) is 57.6 Å². The molecule has 1 aliphatic heterocycles. The van der Waals surface area contributed by atoms with Gasteiger partial charge in [-0.2, -0.15) is 0 Å². The zero-order chi connectivity index (χ0) is 20.1. The van der Waals surface area contributed by atoms with Crippen molar-refractivity contribution in [2.24, 2.45) is 10.9 Å². The molecular formula is C21H20BrN5OS. The molecule has 0 saturated heterocycles. The second-order valence-corrected chi connectivity index (χ2v) is 9.64. The molecule has 1 amide bonds. The molecule has 0 fully saturated rings. The maximum absolute atomic E-state index is 12.4. The molecule has 148 valence electrons. The number of nitrogens with zero attached hydrogens (tertiary/aromatic N) is 4. The summed E-state index contributed by atoms with van der Waals surface area (Å²) >= 11 is 5.36. The smallest absolute Gasteiger partial charge is 0.225 e. The van der Waals surface area contributed by atoms with Crippen molar-refractivity contribution in [2.75, 3.05) is 19.4 Å². The van der Waals surface area contributed by atoms with Crippen LogP contribution in [0.5, 0.6) is 0 Å². The van der Waals surface area contributed by atoms with Gasteiger partial charge in [-0.1, -0.05) is 0 Å². The number of fused-ring (bicyclic) bond motifs is 4. The lowest BCUT2D eigenvalue weighted by Crippen LogP contribution is -2.32. The van der Waals surface area contributed by atoms with Gasteiger partial charge in [0.25, 0.3) is 0 Å². The third-order valence-electron chi connectivity index (χ3n) is 5.61. The fourth-order valence-electron chi connectivity index (χ4n) is 4.13. The molecule has 2 aromatic heterocycles. The average molecular weight is 470 g/mol. The van der Waals surface area contributed by atoms with E-state index in [4.69, 9.17) is 0 Å². The third-order valence-corrected chi connectivity index (χ3v) is 7.43. The minimum atomic E-state index is 0.0556. The number of anilines is 2. The van der Waals surface area contributed by atoms with Crippen LogP contribution in [0.3, 0.4) is 0 Å². The number of carbonyl (C=O) groups is 1. The van der Waals surface area contributed by atoms with Crippen molar-refractivity contribution in [3.8, 4) is 0 Å². The number of aryl methyl sites for hydroxylation is 1. The van der Waals surface area contributed by atoms with Gasteiger partial charge in [-0.15, -0.1) is 11.3 Å². The predicted octanol–water partition coefficient (Wildman–Crippen LogP) is 4.32.